The minimum atomic E-state index is 0.444. The summed E-state index contributed by atoms with van der Waals surface area (Å²) in [4.78, 5) is 0. The summed E-state index contributed by atoms with van der Waals surface area (Å²) in [6.07, 6.45) is 0. The second-order valence-electron chi connectivity index (χ2n) is 0.183. The predicted octanol–water partition coefficient (Wildman–Crippen LogP) is 0.859. The molecule has 0 radical (unpaired) electrons. The average Bonchev–Trinajstić information content (AvgIpc) is 1.46. The first-order chi connectivity index (χ1) is 2.41. The number of hydrogen-bond acceptors (Lipinski definition) is 2. The largest absolute Gasteiger partial charge is 0.322 e. The lowest BCUT2D eigenvalue weighted by Crippen LogP contribution is -1.83. The zero-order chi connectivity index (χ0) is 4.71. The van der Waals surface area contributed by atoms with Crippen LogP contribution in [0, 0.1) is 0 Å². The third-order valence-corrected chi connectivity index (χ3v) is 0. The maximum atomic E-state index is 4.71. The summed E-state index contributed by atoms with van der Waals surface area (Å²) >= 11 is 3.57. The third kappa shape index (κ3) is 239. The fraction of sp³-hybridized carbons (Fsp3) is 1.00. The number of hydrogen-bond donors (Lipinski definition) is 2. The van der Waals surface area contributed by atoms with E-state index in [0.717, 1.165) is 0 Å². The van der Waals surface area contributed by atoms with Crippen molar-refractivity contribution in [1.29, 1.82) is 0 Å². The third-order valence-electron chi connectivity index (χ3n) is 0. The van der Waals surface area contributed by atoms with Crippen molar-refractivity contribution in [3.05, 3.63) is 0 Å². The second-order valence-corrected chi connectivity index (χ2v) is 0.548. The molecule has 0 amide bonds. The van der Waals surface area contributed by atoms with Gasteiger partial charge in [0.1, 0.15) is 0 Å². The average molecular weight is 93.2 g/mol. The molecule has 0 aromatic heterocycles. The molecule has 0 aliphatic carbocycles. The summed E-state index contributed by atoms with van der Waals surface area (Å²) in [5, 5.41) is 0. The van der Waals surface area contributed by atoms with Crippen LogP contribution in [-0.2, 0) is 0 Å². The van der Waals surface area contributed by atoms with Crippen LogP contribution in [0.1, 0.15) is 13.8 Å². The van der Waals surface area contributed by atoms with Crippen LogP contribution in [0.5, 0.6) is 0 Å². The van der Waals surface area contributed by atoms with Crippen LogP contribution in [0.3, 0.4) is 0 Å². The van der Waals surface area contributed by atoms with E-state index in [-0.39, 0.29) is 0 Å². The molecule has 0 fully saturated rings. The highest BCUT2D eigenvalue weighted by molar-refractivity contribution is 7.80. The molecule has 0 heterocycles. The van der Waals surface area contributed by atoms with Crippen LogP contribution in [0.2, 0.25) is 0 Å². The van der Waals surface area contributed by atoms with Gasteiger partial charge >= 0.3 is 0 Å². The predicted molar refractivity (Wildman–Crippen MR) is 29.4 cm³/mol. The topological polar surface area (TPSA) is 26.0 Å². The highest BCUT2D eigenvalue weighted by atomic mass is 32.1. The van der Waals surface area contributed by atoms with E-state index in [4.69, 9.17) is 5.73 Å². The van der Waals surface area contributed by atoms with Gasteiger partial charge in [-0.05, 0) is 0 Å². The second kappa shape index (κ2) is 27.5. The number of rotatable bonds is 0. The molecule has 0 unspecified atom stereocenters. The highest BCUT2D eigenvalue weighted by Crippen LogP contribution is 1.45. The van der Waals surface area contributed by atoms with Crippen molar-refractivity contribution in [1.82, 2.24) is 0 Å². The van der Waals surface area contributed by atoms with Crippen LogP contribution < -0.4 is 5.73 Å². The van der Waals surface area contributed by atoms with Crippen molar-refractivity contribution in [2.45, 2.75) is 13.8 Å². The Bertz CT molecular complexity index is 6.85. The van der Waals surface area contributed by atoms with Crippen molar-refractivity contribution in [3.8, 4) is 0 Å². The molecule has 0 aromatic carbocycles. The summed E-state index contributed by atoms with van der Waals surface area (Å²) in [5.41, 5.74) is 4.71. The van der Waals surface area contributed by atoms with Crippen molar-refractivity contribution in [2.75, 3.05) is 5.88 Å². The molecule has 0 saturated carbocycles. The first kappa shape index (κ1) is 9.00. The minimum absolute atomic E-state index is 0.444. The minimum Gasteiger partial charge on any atom is -0.322 e. The van der Waals surface area contributed by atoms with E-state index in [2.05, 4.69) is 12.6 Å². The van der Waals surface area contributed by atoms with Crippen LogP contribution >= 0.6 is 12.6 Å². The van der Waals surface area contributed by atoms with E-state index in [9.17, 15) is 0 Å². The summed E-state index contributed by atoms with van der Waals surface area (Å²) < 4.78 is 0. The van der Waals surface area contributed by atoms with Crippen LogP contribution in [0.15, 0.2) is 0 Å². The molecule has 34 valence electrons. The monoisotopic (exact) mass is 93.1 g/mol. The summed E-state index contributed by atoms with van der Waals surface area (Å²) in [5.74, 6) is 0.444. The molecule has 0 saturated heterocycles. The van der Waals surface area contributed by atoms with E-state index in [1.807, 2.05) is 13.8 Å². The van der Waals surface area contributed by atoms with E-state index in [0.29, 0.717) is 5.88 Å². The molecule has 5 heavy (non-hydrogen) atoms. The van der Waals surface area contributed by atoms with Crippen molar-refractivity contribution in [2.24, 2.45) is 5.73 Å². The molecule has 1 nitrogen and oxygen atoms in total. The van der Waals surface area contributed by atoms with Gasteiger partial charge in [0.25, 0.3) is 0 Å². The van der Waals surface area contributed by atoms with Crippen LogP contribution in [-0.4, -0.2) is 5.88 Å². The maximum absolute atomic E-state index is 4.71. The maximum Gasteiger partial charge on any atom is 0.0362 e. The Morgan fingerprint density at radius 1 is 1.60 bits per heavy atom. The van der Waals surface area contributed by atoms with Gasteiger partial charge in [-0.25, -0.2) is 0 Å². The van der Waals surface area contributed by atoms with Gasteiger partial charge in [-0.2, -0.15) is 12.6 Å². The fourth-order valence-electron chi connectivity index (χ4n) is 0. The molecular weight excluding hydrogens is 82.1 g/mol. The van der Waals surface area contributed by atoms with E-state index in [1.165, 1.54) is 0 Å². The smallest absolute Gasteiger partial charge is 0.0362 e. The van der Waals surface area contributed by atoms with Gasteiger partial charge in [0.15, 0.2) is 0 Å². The highest BCUT2D eigenvalue weighted by Gasteiger charge is 1.32. The van der Waals surface area contributed by atoms with Gasteiger partial charge < -0.3 is 5.73 Å². The molecule has 0 atom stereocenters. The van der Waals surface area contributed by atoms with Gasteiger partial charge in [0, 0.05) is 5.88 Å². The summed E-state index contributed by atoms with van der Waals surface area (Å²) in [6, 6.07) is 0. The van der Waals surface area contributed by atoms with Crippen molar-refractivity contribution < 1.29 is 0 Å². The van der Waals surface area contributed by atoms with Gasteiger partial charge in [-0.15, -0.1) is 0 Å². The standard InChI is InChI=1S/C2H6.CH5NS/c1-2;2-1-3/h1-2H3;3H,1-2H2. The fourth-order valence-corrected chi connectivity index (χ4v) is 0. The van der Waals surface area contributed by atoms with Gasteiger partial charge in [-0.3, -0.25) is 0 Å². The van der Waals surface area contributed by atoms with E-state index < -0.39 is 0 Å². The van der Waals surface area contributed by atoms with Gasteiger partial charge in [-0.1, -0.05) is 13.8 Å². The summed E-state index contributed by atoms with van der Waals surface area (Å²) in [7, 11) is 0. The Morgan fingerprint density at radius 3 is 1.60 bits per heavy atom. The molecular formula is C3H11NS. The normalized spacial score (nSPS) is 4.80. The molecule has 2 heteroatoms. The molecule has 0 spiro atoms. The van der Waals surface area contributed by atoms with Gasteiger partial charge in [0.2, 0.25) is 0 Å². The van der Waals surface area contributed by atoms with Crippen LogP contribution in [0.4, 0.5) is 0 Å². The molecule has 0 aromatic rings. The first-order valence-electron chi connectivity index (χ1n) is 1.72. The Kier molecular flexibility index (Phi) is 49.5. The molecule has 0 bridgehead atoms. The van der Waals surface area contributed by atoms with Gasteiger partial charge in [0.05, 0.1) is 0 Å². The Morgan fingerprint density at radius 2 is 1.60 bits per heavy atom. The Labute approximate surface area is 39.0 Å². The SMILES string of the molecule is CC.NCS. The molecule has 2 N–H and O–H groups in total. The quantitative estimate of drug-likeness (QED) is 0.337. The Hall–Kier alpha value is 0.310. The zero-order valence-corrected chi connectivity index (χ0v) is 4.63. The number of thiol groups is 1. The lowest BCUT2D eigenvalue weighted by molar-refractivity contribution is 1.41. The molecule has 0 aliphatic heterocycles. The molecule has 0 rings (SSSR count). The number of nitrogens with two attached hydrogens (primary N) is 1. The molecule has 0 aliphatic rings. The zero-order valence-electron chi connectivity index (χ0n) is 3.73. The van der Waals surface area contributed by atoms with E-state index >= 15 is 0 Å². The lowest BCUT2D eigenvalue weighted by Gasteiger charge is -1.53. The van der Waals surface area contributed by atoms with Crippen molar-refractivity contribution in [3.63, 3.8) is 0 Å². The first-order valence-corrected chi connectivity index (χ1v) is 2.36. The van der Waals surface area contributed by atoms with E-state index in [1.54, 1.807) is 0 Å². The Balaban J connectivity index is 0. The lowest BCUT2D eigenvalue weighted by atomic mass is 11.0. The van der Waals surface area contributed by atoms with Crippen LogP contribution in [0.25, 0.3) is 0 Å². The summed E-state index contributed by atoms with van der Waals surface area (Å²) in [6.45, 7) is 4.00. The van der Waals surface area contributed by atoms with Crippen molar-refractivity contribution >= 4 is 12.6 Å².